The van der Waals surface area contributed by atoms with Gasteiger partial charge in [0.1, 0.15) is 0 Å². The summed E-state index contributed by atoms with van der Waals surface area (Å²) in [4.78, 5) is 11.4. The molecule has 0 saturated heterocycles. The molecule has 0 spiro atoms. The van der Waals surface area contributed by atoms with Crippen LogP contribution in [0.2, 0.25) is 5.02 Å². The maximum Gasteiger partial charge on any atom is 0.165 e. The second-order valence-corrected chi connectivity index (χ2v) is 4.51. The summed E-state index contributed by atoms with van der Waals surface area (Å²) < 4.78 is 18.6. The van der Waals surface area contributed by atoms with Gasteiger partial charge in [-0.05, 0) is 42.8 Å². The van der Waals surface area contributed by atoms with Crippen molar-refractivity contribution >= 4 is 17.4 Å². The normalized spacial score (nSPS) is 10.3. The summed E-state index contributed by atoms with van der Waals surface area (Å²) in [6, 6.07) is 9.51. The van der Waals surface area contributed by atoms with Crippen LogP contribution in [0, 0.1) is 5.82 Å². The minimum Gasteiger partial charge on any atom is -0.494 e. The molecule has 0 aromatic heterocycles. The summed E-state index contributed by atoms with van der Waals surface area (Å²) in [5.41, 5.74) is 1.76. The second kappa shape index (κ2) is 5.41. The molecule has 0 bridgehead atoms. The van der Waals surface area contributed by atoms with Crippen molar-refractivity contribution in [2.24, 2.45) is 0 Å². The molecule has 0 aliphatic rings. The molecule has 19 heavy (non-hydrogen) atoms. The van der Waals surface area contributed by atoms with Gasteiger partial charge in [0, 0.05) is 16.1 Å². The molecule has 2 nitrogen and oxygen atoms in total. The Kier molecular flexibility index (Phi) is 3.86. The van der Waals surface area contributed by atoms with Crippen molar-refractivity contribution in [1.82, 2.24) is 0 Å². The van der Waals surface area contributed by atoms with Gasteiger partial charge >= 0.3 is 0 Å². The van der Waals surface area contributed by atoms with Crippen LogP contribution < -0.4 is 4.74 Å². The number of hydrogen-bond donors (Lipinski definition) is 0. The first-order valence-electron chi connectivity index (χ1n) is 5.67. The van der Waals surface area contributed by atoms with E-state index in [1.807, 2.05) is 0 Å². The van der Waals surface area contributed by atoms with E-state index in [0.29, 0.717) is 21.7 Å². The van der Waals surface area contributed by atoms with Gasteiger partial charge in [0.2, 0.25) is 0 Å². The monoisotopic (exact) mass is 278 g/mol. The van der Waals surface area contributed by atoms with Gasteiger partial charge in [-0.2, -0.15) is 0 Å². The Morgan fingerprint density at radius 3 is 2.53 bits per heavy atom. The maximum absolute atomic E-state index is 13.7. The van der Waals surface area contributed by atoms with Crippen LogP contribution in [-0.2, 0) is 0 Å². The number of rotatable bonds is 3. The van der Waals surface area contributed by atoms with Gasteiger partial charge in [0.05, 0.1) is 7.11 Å². The van der Waals surface area contributed by atoms with Crippen LogP contribution in [0.3, 0.4) is 0 Å². The molecule has 2 rings (SSSR count). The lowest BCUT2D eigenvalue weighted by molar-refractivity contribution is 0.101. The number of ether oxygens (including phenoxy) is 1. The summed E-state index contributed by atoms with van der Waals surface area (Å²) in [5, 5.41) is 0.467. The Balaban J connectivity index is 2.54. The Hall–Kier alpha value is -1.87. The van der Waals surface area contributed by atoms with E-state index in [0.717, 1.165) is 0 Å². The molecule has 98 valence electrons. The van der Waals surface area contributed by atoms with Gasteiger partial charge < -0.3 is 4.74 Å². The minimum atomic E-state index is -0.468. The SMILES string of the molecule is COc1ccc(-c2cc(C(C)=O)ccc2Cl)cc1F. The maximum atomic E-state index is 13.7. The molecule has 4 heteroatoms. The number of hydrogen-bond acceptors (Lipinski definition) is 2. The summed E-state index contributed by atoms with van der Waals surface area (Å²) in [6.07, 6.45) is 0. The highest BCUT2D eigenvalue weighted by Gasteiger charge is 2.10. The van der Waals surface area contributed by atoms with E-state index in [4.69, 9.17) is 16.3 Å². The van der Waals surface area contributed by atoms with E-state index in [9.17, 15) is 9.18 Å². The van der Waals surface area contributed by atoms with Crippen LogP contribution in [-0.4, -0.2) is 12.9 Å². The highest BCUT2D eigenvalue weighted by Crippen LogP contribution is 2.31. The highest BCUT2D eigenvalue weighted by molar-refractivity contribution is 6.33. The molecule has 0 unspecified atom stereocenters. The lowest BCUT2D eigenvalue weighted by Crippen LogP contribution is -1.93. The molecule has 0 radical (unpaired) electrons. The molecule has 0 saturated carbocycles. The third-order valence-electron chi connectivity index (χ3n) is 2.84. The fourth-order valence-corrected chi connectivity index (χ4v) is 2.03. The molecule has 0 amide bonds. The number of ketones is 1. The molecular weight excluding hydrogens is 267 g/mol. The van der Waals surface area contributed by atoms with Gasteiger partial charge in [-0.1, -0.05) is 17.7 Å². The number of halogens is 2. The van der Waals surface area contributed by atoms with Gasteiger partial charge in [-0.15, -0.1) is 0 Å². The third kappa shape index (κ3) is 2.76. The number of carbonyl (C=O) groups is 1. The zero-order valence-corrected chi connectivity index (χ0v) is 11.3. The Morgan fingerprint density at radius 1 is 1.21 bits per heavy atom. The average Bonchev–Trinajstić information content (AvgIpc) is 2.38. The van der Waals surface area contributed by atoms with Crippen LogP contribution in [0.5, 0.6) is 5.75 Å². The zero-order valence-electron chi connectivity index (χ0n) is 10.5. The first kappa shape index (κ1) is 13.6. The lowest BCUT2D eigenvalue weighted by Gasteiger charge is -2.08. The predicted octanol–water partition coefficient (Wildman–Crippen LogP) is 4.36. The number of carbonyl (C=O) groups excluding carboxylic acids is 1. The van der Waals surface area contributed by atoms with Crippen molar-refractivity contribution < 1.29 is 13.9 Å². The van der Waals surface area contributed by atoms with E-state index in [1.165, 1.54) is 26.2 Å². The topological polar surface area (TPSA) is 26.3 Å². The van der Waals surface area contributed by atoms with Gasteiger partial charge in [0.25, 0.3) is 0 Å². The lowest BCUT2D eigenvalue weighted by atomic mass is 10.0. The second-order valence-electron chi connectivity index (χ2n) is 4.10. The fourth-order valence-electron chi connectivity index (χ4n) is 1.80. The van der Waals surface area contributed by atoms with Crippen LogP contribution in [0.25, 0.3) is 11.1 Å². The van der Waals surface area contributed by atoms with E-state index in [2.05, 4.69) is 0 Å². The van der Waals surface area contributed by atoms with Gasteiger partial charge in [0.15, 0.2) is 17.3 Å². The summed E-state index contributed by atoms with van der Waals surface area (Å²) in [6.45, 7) is 1.47. The quantitative estimate of drug-likeness (QED) is 0.780. The molecular formula is C15H12ClFO2. The van der Waals surface area contributed by atoms with E-state index in [-0.39, 0.29) is 11.5 Å². The predicted molar refractivity (Wildman–Crippen MR) is 73.4 cm³/mol. The highest BCUT2D eigenvalue weighted by atomic mass is 35.5. The van der Waals surface area contributed by atoms with Crippen molar-refractivity contribution in [1.29, 1.82) is 0 Å². The Labute approximate surface area is 115 Å². The van der Waals surface area contributed by atoms with Gasteiger partial charge in [-0.3, -0.25) is 4.79 Å². The summed E-state index contributed by atoms with van der Waals surface area (Å²) in [5.74, 6) is -0.362. The molecule has 2 aromatic carbocycles. The molecule has 0 aliphatic heterocycles. The minimum absolute atomic E-state index is 0.0631. The molecule has 0 fully saturated rings. The van der Waals surface area contributed by atoms with Crippen LogP contribution in [0.1, 0.15) is 17.3 Å². The zero-order chi connectivity index (χ0) is 14.0. The van der Waals surface area contributed by atoms with E-state index >= 15 is 0 Å². The molecule has 0 heterocycles. The van der Waals surface area contributed by atoms with Crippen molar-refractivity contribution in [2.45, 2.75) is 6.92 Å². The molecule has 0 atom stereocenters. The smallest absolute Gasteiger partial charge is 0.165 e. The third-order valence-corrected chi connectivity index (χ3v) is 3.17. The number of Topliss-reactive ketones (excluding diaryl/α,β-unsaturated/α-hetero) is 1. The van der Waals surface area contributed by atoms with Crippen LogP contribution in [0.4, 0.5) is 4.39 Å². The summed E-state index contributed by atoms with van der Waals surface area (Å²) >= 11 is 6.10. The fraction of sp³-hybridized carbons (Fsp3) is 0.133. The number of benzene rings is 2. The Morgan fingerprint density at radius 2 is 1.95 bits per heavy atom. The summed E-state index contributed by atoms with van der Waals surface area (Å²) in [7, 11) is 1.40. The molecule has 0 aliphatic carbocycles. The molecule has 2 aromatic rings. The van der Waals surface area contributed by atoms with Crippen LogP contribution >= 0.6 is 11.6 Å². The van der Waals surface area contributed by atoms with Crippen molar-refractivity contribution in [3.63, 3.8) is 0 Å². The van der Waals surface area contributed by atoms with Crippen molar-refractivity contribution in [3.8, 4) is 16.9 Å². The first-order chi connectivity index (χ1) is 9.02. The molecule has 0 N–H and O–H groups in total. The standard InChI is InChI=1S/C15H12ClFO2/c1-9(18)10-3-5-13(16)12(7-10)11-4-6-15(19-2)14(17)8-11/h3-8H,1-2H3. The van der Waals surface area contributed by atoms with Gasteiger partial charge in [-0.25, -0.2) is 4.39 Å². The van der Waals surface area contributed by atoms with Crippen molar-refractivity contribution in [2.75, 3.05) is 7.11 Å². The first-order valence-corrected chi connectivity index (χ1v) is 6.05. The average molecular weight is 279 g/mol. The Bertz CT molecular complexity index is 638. The van der Waals surface area contributed by atoms with Crippen molar-refractivity contribution in [3.05, 3.63) is 52.8 Å². The largest absolute Gasteiger partial charge is 0.494 e. The van der Waals surface area contributed by atoms with E-state index in [1.54, 1.807) is 24.3 Å². The van der Waals surface area contributed by atoms with Crippen LogP contribution in [0.15, 0.2) is 36.4 Å². The van der Waals surface area contributed by atoms with E-state index < -0.39 is 5.82 Å². The number of methoxy groups -OCH3 is 1.